The van der Waals surface area contributed by atoms with Gasteiger partial charge in [-0.2, -0.15) is 0 Å². The normalized spacial score (nSPS) is 9.82. The Morgan fingerprint density at radius 3 is 2.35 bits per heavy atom. The molecular weight excluding hydrogens is 255 g/mol. The van der Waals surface area contributed by atoms with E-state index >= 15 is 0 Å². The van der Waals surface area contributed by atoms with Crippen molar-refractivity contribution in [3.63, 3.8) is 0 Å². The van der Waals surface area contributed by atoms with E-state index < -0.39 is 0 Å². The molecule has 1 rings (SSSR count). The van der Waals surface area contributed by atoms with Crippen molar-refractivity contribution in [2.45, 2.75) is 40.5 Å². The van der Waals surface area contributed by atoms with Gasteiger partial charge in [0.05, 0.1) is 11.6 Å². The molecule has 17 heavy (non-hydrogen) atoms. The van der Waals surface area contributed by atoms with Crippen LogP contribution in [0.2, 0.25) is 10.0 Å². The summed E-state index contributed by atoms with van der Waals surface area (Å²) in [5.41, 5.74) is 0. The molecule has 0 saturated carbocycles. The Morgan fingerprint density at radius 1 is 1.18 bits per heavy atom. The number of halogens is 2. The van der Waals surface area contributed by atoms with Crippen LogP contribution >= 0.6 is 23.2 Å². The van der Waals surface area contributed by atoms with E-state index in [2.05, 4.69) is 13.8 Å². The van der Waals surface area contributed by atoms with E-state index in [1.165, 1.54) is 6.42 Å². The van der Waals surface area contributed by atoms with Crippen LogP contribution in [-0.4, -0.2) is 6.61 Å². The topological polar surface area (TPSA) is 9.23 Å². The second-order valence-electron chi connectivity index (χ2n) is 3.96. The predicted octanol–water partition coefficient (Wildman–Crippen LogP) is 5.83. The van der Waals surface area contributed by atoms with E-state index in [1.807, 2.05) is 13.8 Å². The highest BCUT2D eigenvalue weighted by molar-refractivity contribution is 6.35. The summed E-state index contributed by atoms with van der Waals surface area (Å²) in [6, 6.07) is 5.28. The second kappa shape index (κ2) is 9.61. The van der Waals surface area contributed by atoms with E-state index in [4.69, 9.17) is 27.9 Å². The molecule has 1 nitrogen and oxygen atoms in total. The minimum atomic E-state index is 0.576. The largest absolute Gasteiger partial charge is 0.492 e. The van der Waals surface area contributed by atoms with Crippen LogP contribution in [0.25, 0.3) is 0 Å². The molecule has 0 aliphatic carbocycles. The summed E-state index contributed by atoms with van der Waals surface area (Å²) in [7, 11) is 0. The van der Waals surface area contributed by atoms with E-state index in [0.29, 0.717) is 28.3 Å². The fraction of sp³-hybridized carbons (Fsp3) is 0.571. The quantitative estimate of drug-likeness (QED) is 0.615. The van der Waals surface area contributed by atoms with Crippen molar-refractivity contribution in [3.8, 4) is 5.75 Å². The Bertz CT molecular complexity index is 311. The Kier molecular flexibility index (Phi) is 9.39. The molecule has 1 aromatic carbocycles. The van der Waals surface area contributed by atoms with Gasteiger partial charge in [-0.1, -0.05) is 50.9 Å². The lowest BCUT2D eigenvalue weighted by Gasteiger charge is -2.09. The molecule has 0 spiro atoms. The monoisotopic (exact) mass is 276 g/mol. The van der Waals surface area contributed by atoms with Gasteiger partial charge in [0.25, 0.3) is 0 Å². The van der Waals surface area contributed by atoms with E-state index in [0.717, 1.165) is 6.42 Å². The minimum absolute atomic E-state index is 0.576. The van der Waals surface area contributed by atoms with Gasteiger partial charge in [-0.3, -0.25) is 0 Å². The lowest BCUT2D eigenvalue weighted by molar-refractivity contribution is 0.298. The lowest BCUT2D eigenvalue weighted by Crippen LogP contribution is -1.99. The van der Waals surface area contributed by atoms with Gasteiger partial charge in [0.2, 0.25) is 0 Å². The highest BCUT2D eigenvalue weighted by Gasteiger charge is 2.02. The zero-order chi connectivity index (χ0) is 13.3. The van der Waals surface area contributed by atoms with Crippen molar-refractivity contribution in [3.05, 3.63) is 28.2 Å². The van der Waals surface area contributed by atoms with Crippen LogP contribution in [0, 0.1) is 5.92 Å². The zero-order valence-corrected chi connectivity index (χ0v) is 12.6. The van der Waals surface area contributed by atoms with Gasteiger partial charge in [-0.25, -0.2) is 0 Å². The van der Waals surface area contributed by atoms with Gasteiger partial charge in [0.1, 0.15) is 5.75 Å². The molecule has 0 unspecified atom stereocenters. The van der Waals surface area contributed by atoms with Crippen LogP contribution in [0.3, 0.4) is 0 Å². The third-order valence-corrected chi connectivity index (χ3v) is 2.61. The molecule has 0 radical (unpaired) electrons. The Hall–Kier alpha value is -0.400. The smallest absolute Gasteiger partial charge is 0.137 e. The summed E-state index contributed by atoms with van der Waals surface area (Å²) >= 11 is 11.7. The van der Waals surface area contributed by atoms with Crippen LogP contribution in [0.5, 0.6) is 5.75 Å². The van der Waals surface area contributed by atoms with Crippen molar-refractivity contribution in [2.75, 3.05) is 6.61 Å². The average Bonchev–Trinajstić information content (AvgIpc) is 2.29. The van der Waals surface area contributed by atoms with Crippen molar-refractivity contribution >= 4 is 23.2 Å². The first-order chi connectivity index (χ1) is 8.09. The van der Waals surface area contributed by atoms with Crippen molar-refractivity contribution < 1.29 is 4.74 Å². The van der Waals surface area contributed by atoms with Gasteiger partial charge in [-0.05, 0) is 37.0 Å². The number of ether oxygens (including phenoxy) is 1. The molecule has 0 aromatic heterocycles. The molecule has 0 amide bonds. The standard InChI is InChI=1S/C12H16Cl2O.C2H6/c1-9(2)4-3-7-15-12-6-5-10(13)8-11(12)14;1-2/h5-6,8-9H,3-4,7H2,1-2H3;1-2H3. The molecule has 0 saturated heterocycles. The minimum Gasteiger partial charge on any atom is -0.492 e. The number of hydrogen-bond acceptors (Lipinski definition) is 1. The van der Waals surface area contributed by atoms with Crippen LogP contribution in [0.15, 0.2) is 18.2 Å². The summed E-state index contributed by atoms with van der Waals surface area (Å²) in [5, 5.41) is 1.21. The Labute approximate surface area is 115 Å². The first kappa shape index (κ1) is 16.6. The first-order valence-corrected chi connectivity index (χ1v) is 6.93. The zero-order valence-electron chi connectivity index (χ0n) is 11.1. The number of hydrogen-bond donors (Lipinski definition) is 0. The predicted molar refractivity (Wildman–Crippen MR) is 77.4 cm³/mol. The molecule has 0 heterocycles. The third kappa shape index (κ3) is 7.51. The Morgan fingerprint density at radius 2 is 1.82 bits per heavy atom. The molecule has 0 aliphatic rings. The lowest BCUT2D eigenvalue weighted by atomic mass is 10.1. The van der Waals surface area contributed by atoms with Crippen molar-refractivity contribution in [2.24, 2.45) is 5.92 Å². The summed E-state index contributed by atoms with van der Waals surface area (Å²) < 4.78 is 5.55. The van der Waals surface area contributed by atoms with E-state index in [1.54, 1.807) is 18.2 Å². The summed E-state index contributed by atoms with van der Waals surface area (Å²) in [5.74, 6) is 1.43. The molecule has 0 fully saturated rings. The van der Waals surface area contributed by atoms with Crippen LogP contribution in [-0.2, 0) is 0 Å². The molecule has 0 N–H and O–H groups in total. The van der Waals surface area contributed by atoms with Gasteiger partial charge in [0.15, 0.2) is 0 Å². The highest BCUT2D eigenvalue weighted by atomic mass is 35.5. The first-order valence-electron chi connectivity index (χ1n) is 6.17. The average molecular weight is 277 g/mol. The van der Waals surface area contributed by atoms with E-state index in [-0.39, 0.29) is 0 Å². The fourth-order valence-corrected chi connectivity index (χ4v) is 1.73. The number of benzene rings is 1. The molecule has 0 aliphatic heterocycles. The molecule has 0 atom stereocenters. The molecule has 1 aromatic rings. The molecule has 3 heteroatoms. The second-order valence-corrected chi connectivity index (χ2v) is 4.80. The van der Waals surface area contributed by atoms with Crippen LogP contribution < -0.4 is 4.74 Å². The highest BCUT2D eigenvalue weighted by Crippen LogP contribution is 2.27. The maximum Gasteiger partial charge on any atom is 0.137 e. The summed E-state index contributed by atoms with van der Waals surface area (Å²) in [4.78, 5) is 0. The van der Waals surface area contributed by atoms with Crippen molar-refractivity contribution in [1.82, 2.24) is 0 Å². The molecular formula is C14H22Cl2O. The molecule has 0 bridgehead atoms. The van der Waals surface area contributed by atoms with Crippen LogP contribution in [0.1, 0.15) is 40.5 Å². The van der Waals surface area contributed by atoms with Gasteiger partial charge >= 0.3 is 0 Å². The fourth-order valence-electron chi connectivity index (χ4n) is 1.27. The third-order valence-electron chi connectivity index (χ3n) is 2.08. The van der Waals surface area contributed by atoms with Crippen LogP contribution in [0.4, 0.5) is 0 Å². The van der Waals surface area contributed by atoms with Gasteiger partial charge in [-0.15, -0.1) is 0 Å². The van der Waals surface area contributed by atoms with Gasteiger partial charge in [0, 0.05) is 5.02 Å². The summed E-state index contributed by atoms with van der Waals surface area (Å²) in [6.45, 7) is 9.12. The molecule has 98 valence electrons. The van der Waals surface area contributed by atoms with Crippen molar-refractivity contribution in [1.29, 1.82) is 0 Å². The maximum atomic E-state index is 5.96. The number of rotatable bonds is 5. The maximum absolute atomic E-state index is 5.96. The van der Waals surface area contributed by atoms with Gasteiger partial charge < -0.3 is 4.74 Å². The summed E-state index contributed by atoms with van der Waals surface area (Å²) in [6.07, 6.45) is 2.22. The Balaban J connectivity index is 0.00000121. The SMILES string of the molecule is CC.CC(C)CCCOc1ccc(Cl)cc1Cl. The van der Waals surface area contributed by atoms with E-state index in [9.17, 15) is 0 Å².